The maximum absolute atomic E-state index is 11.0. The standard InChI is InChI=1S/3C6H12.C4H6F2.C4H8.C2H6/c3*1-5(2)6(3)4;1-3(2)4(5)6;1-4(2)3;1-2/h3*1-4H3;1-2H3;1H2,2-3H3;1-2H3. The lowest BCUT2D eigenvalue weighted by Gasteiger charge is -1.88. The summed E-state index contributed by atoms with van der Waals surface area (Å²) in [5.74, 6) is 0. The van der Waals surface area contributed by atoms with Gasteiger partial charge in [0.15, 0.2) is 0 Å². The van der Waals surface area contributed by atoms with Crippen molar-refractivity contribution < 1.29 is 8.78 Å². The molecule has 0 spiro atoms. The topological polar surface area (TPSA) is 0 Å². The zero-order valence-electron chi connectivity index (χ0n) is 24.0. The quantitative estimate of drug-likeness (QED) is 0.335. The monoisotopic (exact) mass is 430 g/mol. The molecule has 0 aliphatic heterocycles. The summed E-state index contributed by atoms with van der Waals surface area (Å²) in [5.41, 5.74) is 9.81. The van der Waals surface area contributed by atoms with Crippen LogP contribution in [0.5, 0.6) is 0 Å². The Morgan fingerprint density at radius 3 is 0.433 bits per heavy atom. The van der Waals surface area contributed by atoms with E-state index < -0.39 is 6.08 Å². The van der Waals surface area contributed by atoms with Gasteiger partial charge < -0.3 is 0 Å². The summed E-state index contributed by atoms with van der Waals surface area (Å²) in [6.07, 6.45) is -1.57. The molecule has 0 fully saturated rings. The van der Waals surface area contributed by atoms with Crippen LogP contribution in [0.3, 0.4) is 0 Å². The van der Waals surface area contributed by atoms with Crippen molar-refractivity contribution in [2.24, 2.45) is 0 Å². The Labute approximate surface area is 191 Å². The molecule has 0 aliphatic rings. The van der Waals surface area contributed by atoms with Crippen molar-refractivity contribution in [3.8, 4) is 0 Å². The van der Waals surface area contributed by atoms with Gasteiger partial charge in [0, 0.05) is 0 Å². The van der Waals surface area contributed by atoms with Crippen LogP contribution in [0.4, 0.5) is 8.78 Å². The average molecular weight is 431 g/mol. The van der Waals surface area contributed by atoms with Gasteiger partial charge in [0.2, 0.25) is 0 Å². The first-order valence-corrected chi connectivity index (χ1v) is 10.7. The highest BCUT2D eigenvalue weighted by molar-refractivity contribution is 5.03. The molecule has 0 nitrogen and oxygen atoms in total. The summed E-state index contributed by atoms with van der Waals surface area (Å²) < 4.78 is 22.1. The molecule has 0 radical (unpaired) electrons. The van der Waals surface area contributed by atoms with Crippen molar-refractivity contribution in [3.05, 3.63) is 57.2 Å². The van der Waals surface area contributed by atoms with Crippen LogP contribution >= 0.6 is 0 Å². The summed E-state index contributed by atoms with van der Waals surface area (Å²) in [6, 6.07) is 0. The molecule has 182 valence electrons. The third-order valence-electron chi connectivity index (χ3n) is 3.38. The minimum absolute atomic E-state index is 0.0926. The van der Waals surface area contributed by atoms with Crippen LogP contribution < -0.4 is 0 Å². The van der Waals surface area contributed by atoms with Crippen LogP contribution in [0, 0.1) is 0 Å². The fraction of sp³-hybridized carbons (Fsp3) is 0.643. The molecule has 0 aliphatic carbocycles. The van der Waals surface area contributed by atoms with Crippen molar-refractivity contribution in [3.63, 3.8) is 0 Å². The third-order valence-corrected chi connectivity index (χ3v) is 3.38. The fourth-order valence-corrected chi connectivity index (χ4v) is 0. The highest BCUT2D eigenvalue weighted by Gasteiger charge is 1.86. The predicted molar refractivity (Wildman–Crippen MR) is 142 cm³/mol. The van der Waals surface area contributed by atoms with Crippen LogP contribution in [0.25, 0.3) is 0 Å². The van der Waals surface area contributed by atoms with Crippen molar-refractivity contribution in [1.29, 1.82) is 0 Å². The Morgan fingerprint density at radius 2 is 0.433 bits per heavy atom. The number of hydrogen-bond acceptors (Lipinski definition) is 0. The lowest BCUT2D eigenvalue weighted by Crippen LogP contribution is -1.66. The molecule has 0 saturated heterocycles. The van der Waals surface area contributed by atoms with Gasteiger partial charge in [0.1, 0.15) is 0 Å². The Hall–Kier alpha value is -1.44. The minimum atomic E-state index is -1.57. The fourth-order valence-electron chi connectivity index (χ4n) is 0. The molecule has 0 atom stereocenters. The van der Waals surface area contributed by atoms with E-state index in [1.165, 1.54) is 52.9 Å². The van der Waals surface area contributed by atoms with Gasteiger partial charge in [-0.2, -0.15) is 8.78 Å². The number of hydrogen-bond donors (Lipinski definition) is 0. The molecule has 0 saturated carbocycles. The van der Waals surface area contributed by atoms with Gasteiger partial charge in [-0.3, -0.25) is 0 Å². The zero-order valence-corrected chi connectivity index (χ0v) is 24.0. The van der Waals surface area contributed by atoms with Gasteiger partial charge in [0.05, 0.1) is 0 Å². The van der Waals surface area contributed by atoms with E-state index in [9.17, 15) is 8.78 Å². The summed E-state index contributed by atoms with van der Waals surface area (Å²) in [6.45, 7) is 39.7. The molecular formula is C28H56F2. The zero-order chi connectivity index (χ0) is 26.2. The molecule has 0 rings (SSSR count). The minimum Gasteiger partial charge on any atom is -0.173 e. The van der Waals surface area contributed by atoms with Crippen LogP contribution in [-0.4, -0.2) is 0 Å². The molecule has 0 amide bonds. The van der Waals surface area contributed by atoms with Gasteiger partial charge >= 0.3 is 0 Å². The van der Waals surface area contributed by atoms with Crippen LogP contribution in [0.2, 0.25) is 0 Å². The first-order valence-electron chi connectivity index (χ1n) is 10.7. The van der Waals surface area contributed by atoms with E-state index >= 15 is 0 Å². The average Bonchev–Trinajstić information content (AvgIpc) is 2.57. The number of allylic oxidation sites excluding steroid dienone is 8. The molecule has 0 bridgehead atoms. The van der Waals surface area contributed by atoms with Crippen molar-refractivity contribution in [2.45, 2.75) is 125 Å². The van der Waals surface area contributed by atoms with E-state index in [0.29, 0.717) is 0 Å². The van der Waals surface area contributed by atoms with E-state index in [-0.39, 0.29) is 5.57 Å². The van der Waals surface area contributed by atoms with Gasteiger partial charge in [-0.25, -0.2) is 0 Å². The molecule has 0 unspecified atom stereocenters. The second kappa shape index (κ2) is 29.8. The van der Waals surface area contributed by atoms with Crippen LogP contribution in [0.15, 0.2) is 57.2 Å². The smallest absolute Gasteiger partial charge is 0.173 e. The normalized spacial score (nSPS) is 7.47. The van der Waals surface area contributed by atoms with Crippen molar-refractivity contribution >= 4 is 0 Å². The first-order chi connectivity index (χ1) is 13.3. The second-order valence-corrected chi connectivity index (χ2v) is 8.47. The summed E-state index contributed by atoms with van der Waals surface area (Å²) in [7, 11) is 0. The molecule has 0 aromatic heterocycles. The van der Waals surface area contributed by atoms with E-state index in [1.54, 1.807) is 0 Å². The first kappa shape index (κ1) is 42.6. The molecule has 30 heavy (non-hydrogen) atoms. The molecule has 0 heterocycles. The van der Waals surface area contributed by atoms with Crippen LogP contribution in [0.1, 0.15) is 125 Å². The van der Waals surface area contributed by atoms with E-state index in [1.807, 2.05) is 27.7 Å². The van der Waals surface area contributed by atoms with Crippen molar-refractivity contribution in [2.75, 3.05) is 0 Å². The highest BCUT2D eigenvalue weighted by Crippen LogP contribution is 2.03. The number of rotatable bonds is 0. The summed E-state index contributed by atoms with van der Waals surface area (Å²) in [5, 5.41) is 0. The molecule has 0 N–H and O–H groups in total. The Balaban J connectivity index is -0.0000000591. The SMILES string of the molecule is C=C(C)C.CC.CC(C)=C(C)C.CC(C)=C(C)C.CC(C)=C(C)C.CC(C)=C(F)F. The van der Waals surface area contributed by atoms with Gasteiger partial charge in [-0.1, -0.05) is 52.9 Å². The third kappa shape index (κ3) is 81.9. The highest BCUT2D eigenvalue weighted by atomic mass is 19.3. The van der Waals surface area contributed by atoms with E-state index in [2.05, 4.69) is 89.7 Å². The Morgan fingerprint density at radius 1 is 0.367 bits per heavy atom. The number of halogens is 2. The maximum atomic E-state index is 11.0. The molecule has 0 aromatic rings. The summed E-state index contributed by atoms with van der Waals surface area (Å²) >= 11 is 0. The largest absolute Gasteiger partial charge is 0.268 e. The Kier molecular flexibility index (Phi) is 42.3. The lowest BCUT2D eigenvalue weighted by atomic mass is 10.2. The molecular weight excluding hydrogens is 374 g/mol. The van der Waals surface area contributed by atoms with Crippen molar-refractivity contribution in [1.82, 2.24) is 0 Å². The molecule has 0 aromatic carbocycles. The van der Waals surface area contributed by atoms with E-state index in [0.717, 1.165) is 0 Å². The van der Waals surface area contributed by atoms with Gasteiger partial charge in [-0.15, -0.1) is 6.58 Å². The van der Waals surface area contributed by atoms with E-state index in [4.69, 9.17) is 0 Å². The molecule has 2 heteroatoms. The second-order valence-electron chi connectivity index (χ2n) is 8.47. The van der Waals surface area contributed by atoms with Crippen LogP contribution in [-0.2, 0) is 0 Å². The predicted octanol–water partition coefficient (Wildman–Crippen LogP) is 11.9. The van der Waals surface area contributed by atoms with Gasteiger partial charge in [0.25, 0.3) is 6.08 Å². The Bertz CT molecular complexity index is 375. The maximum Gasteiger partial charge on any atom is 0.268 e. The summed E-state index contributed by atoms with van der Waals surface area (Å²) in [4.78, 5) is 0. The van der Waals surface area contributed by atoms with Gasteiger partial charge in [-0.05, 0) is 116 Å². The lowest BCUT2D eigenvalue weighted by molar-refractivity contribution is 0.412.